The van der Waals surface area contributed by atoms with E-state index in [1.165, 1.54) is 12.8 Å². The van der Waals surface area contributed by atoms with Crippen LogP contribution in [0.2, 0.25) is 0 Å². The number of hydrogen-bond donors (Lipinski definition) is 2. The van der Waals surface area contributed by atoms with Crippen molar-refractivity contribution in [1.82, 2.24) is 10.0 Å². The van der Waals surface area contributed by atoms with Crippen molar-refractivity contribution in [3.05, 3.63) is 0 Å². The molecule has 0 bridgehead atoms. The average molecular weight is 264 g/mol. The average Bonchev–Trinajstić information content (AvgIpc) is 2.77. The van der Waals surface area contributed by atoms with Gasteiger partial charge in [-0.1, -0.05) is 12.8 Å². The maximum absolute atomic E-state index is 11.5. The fraction of sp³-hybridized carbons (Fsp3) is 1.00. The number of hydrogen-bond acceptors (Lipinski definition) is 4. The Kier molecular flexibility index (Phi) is 7.03. The first-order valence-electron chi connectivity index (χ1n) is 6.37. The molecule has 0 atom stereocenters. The lowest BCUT2D eigenvalue weighted by molar-refractivity contribution is 0.0626. The monoisotopic (exact) mass is 264 g/mol. The fourth-order valence-corrected chi connectivity index (χ4v) is 3.05. The maximum atomic E-state index is 11.5. The van der Waals surface area contributed by atoms with Crippen LogP contribution in [0.4, 0.5) is 0 Å². The van der Waals surface area contributed by atoms with Gasteiger partial charge in [-0.05, 0) is 32.9 Å². The van der Waals surface area contributed by atoms with Crippen LogP contribution in [0.15, 0.2) is 0 Å². The summed E-state index contributed by atoms with van der Waals surface area (Å²) in [4.78, 5) is 0. The molecule has 1 fully saturated rings. The lowest BCUT2D eigenvalue weighted by Gasteiger charge is -2.11. The third-order valence-electron chi connectivity index (χ3n) is 2.92. The molecule has 0 aromatic rings. The zero-order valence-electron chi connectivity index (χ0n) is 10.6. The van der Waals surface area contributed by atoms with E-state index >= 15 is 0 Å². The van der Waals surface area contributed by atoms with Gasteiger partial charge in [0.05, 0.1) is 18.5 Å². The molecule has 1 rings (SSSR count). The van der Waals surface area contributed by atoms with Crippen LogP contribution in [0.25, 0.3) is 0 Å². The molecule has 5 nitrogen and oxygen atoms in total. The summed E-state index contributed by atoms with van der Waals surface area (Å²) >= 11 is 0. The van der Waals surface area contributed by atoms with E-state index in [4.69, 9.17) is 4.74 Å². The highest BCUT2D eigenvalue weighted by atomic mass is 32.2. The number of rotatable bonds is 9. The molecule has 1 saturated carbocycles. The van der Waals surface area contributed by atoms with Gasteiger partial charge in [-0.15, -0.1) is 0 Å². The van der Waals surface area contributed by atoms with Gasteiger partial charge in [0, 0.05) is 6.54 Å². The summed E-state index contributed by atoms with van der Waals surface area (Å²) in [5.41, 5.74) is 0. The van der Waals surface area contributed by atoms with Crippen molar-refractivity contribution in [1.29, 1.82) is 0 Å². The molecule has 6 heteroatoms. The summed E-state index contributed by atoms with van der Waals surface area (Å²) in [6.45, 7) is 1.59. The molecule has 102 valence electrons. The first-order valence-corrected chi connectivity index (χ1v) is 8.03. The van der Waals surface area contributed by atoms with Crippen molar-refractivity contribution in [3.63, 3.8) is 0 Å². The smallest absolute Gasteiger partial charge is 0.211 e. The van der Waals surface area contributed by atoms with Crippen LogP contribution in [0.5, 0.6) is 0 Å². The highest BCUT2D eigenvalue weighted by Crippen LogP contribution is 2.20. The normalized spacial score (nSPS) is 17.7. The van der Waals surface area contributed by atoms with Crippen LogP contribution in [-0.4, -0.2) is 47.0 Å². The molecule has 1 aliphatic rings. The second-order valence-corrected chi connectivity index (χ2v) is 6.37. The van der Waals surface area contributed by atoms with Crippen LogP contribution < -0.4 is 10.0 Å². The van der Waals surface area contributed by atoms with Gasteiger partial charge in [-0.3, -0.25) is 0 Å². The molecular weight excluding hydrogens is 240 g/mol. The number of nitrogens with one attached hydrogen (secondary N) is 2. The molecular formula is C11H24N2O3S. The first-order chi connectivity index (χ1) is 8.14. The molecule has 0 aromatic heterocycles. The summed E-state index contributed by atoms with van der Waals surface area (Å²) in [5.74, 6) is 0.178. The molecule has 0 spiro atoms. The van der Waals surface area contributed by atoms with E-state index < -0.39 is 10.0 Å². The maximum Gasteiger partial charge on any atom is 0.211 e. The molecule has 17 heavy (non-hydrogen) atoms. The summed E-state index contributed by atoms with van der Waals surface area (Å²) in [5, 5.41) is 2.93. The van der Waals surface area contributed by atoms with Gasteiger partial charge in [-0.2, -0.15) is 0 Å². The van der Waals surface area contributed by atoms with E-state index in [1.54, 1.807) is 0 Å². The van der Waals surface area contributed by atoms with Crippen LogP contribution in [-0.2, 0) is 14.8 Å². The summed E-state index contributed by atoms with van der Waals surface area (Å²) in [7, 11) is -1.30. The van der Waals surface area contributed by atoms with Gasteiger partial charge >= 0.3 is 0 Å². The highest BCUT2D eigenvalue weighted by molar-refractivity contribution is 7.89. The van der Waals surface area contributed by atoms with E-state index in [1.807, 2.05) is 7.05 Å². The van der Waals surface area contributed by atoms with Crippen molar-refractivity contribution in [2.45, 2.75) is 38.2 Å². The zero-order chi connectivity index (χ0) is 12.6. The Hall–Kier alpha value is -0.170. The van der Waals surface area contributed by atoms with E-state index in [0.717, 1.165) is 19.4 Å². The molecule has 0 aromatic carbocycles. The minimum atomic E-state index is -3.12. The lowest BCUT2D eigenvalue weighted by Crippen LogP contribution is -2.31. The molecule has 0 unspecified atom stereocenters. The number of sulfonamides is 1. The predicted molar refractivity (Wildman–Crippen MR) is 68.5 cm³/mol. The summed E-state index contributed by atoms with van der Waals surface area (Å²) in [6.07, 6.45) is 5.70. The van der Waals surface area contributed by atoms with Crippen LogP contribution in [0.3, 0.4) is 0 Å². The molecule has 0 radical (unpaired) electrons. The predicted octanol–water partition coefficient (Wildman–Crippen LogP) is 0.475. The molecule has 2 N–H and O–H groups in total. The van der Waals surface area contributed by atoms with Gasteiger partial charge < -0.3 is 10.1 Å². The van der Waals surface area contributed by atoms with Gasteiger partial charge in [0.25, 0.3) is 0 Å². The van der Waals surface area contributed by atoms with Crippen LogP contribution in [0.1, 0.15) is 32.1 Å². The first kappa shape index (κ1) is 14.9. The fourth-order valence-electron chi connectivity index (χ4n) is 1.99. The van der Waals surface area contributed by atoms with E-state index in [-0.39, 0.29) is 5.75 Å². The Morgan fingerprint density at radius 2 is 1.94 bits per heavy atom. The highest BCUT2D eigenvalue weighted by Gasteiger charge is 2.15. The third-order valence-corrected chi connectivity index (χ3v) is 4.39. The minimum absolute atomic E-state index is 0.178. The quantitative estimate of drug-likeness (QED) is 0.594. The van der Waals surface area contributed by atoms with Crippen molar-refractivity contribution < 1.29 is 13.2 Å². The standard InChI is InChI=1S/C11H24N2O3S/c1-12-7-4-10-17(14,15)13-8-9-16-11-5-2-3-6-11/h11-13H,2-10H2,1H3. The van der Waals surface area contributed by atoms with E-state index in [0.29, 0.717) is 25.7 Å². The Morgan fingerprint density at radius 1 is 1.24 bits per heavy atom. The van der Waals surface area contributed by atoms with Gasteiger partial charge in [0.1, 0.15) is 0 Å². The van der Waals surface area contributed by atoms with Gasteiger partial charge in [-0.25, -0.2) is 13.1 Å². The third kappa shape index (κ3) is 6.98. The van der Waals surface area contributed by atoms with Crippen molar-refractivity contribution >= 4 is 10.0 Å². The van der Waals surface area contributed by atoms with Gasteiger partial charge in [0.2, 0.25) is 10.0 Å². The van der Waals surface area contributed by atoms with Crippen LogP contribution >= 0.6 is 0 Å². The molecule has 0 heterocycles. The van der Waals surface area contributed by atoms with E-state index in [2.05, 4.69) is 10.0 Å². The van der Waals surface area contributed by atoms with Crippen LogP contribution in [0, 0.1) is 0 Å². The summed E-state index contributed by atoms with van der Waals surface area (Å²) in [6, 6.07) is 0. The molecule has 0 aliphatic heterocycles. The topological polar surface area (TPSA) is 67.4 Å². The number of ether oxygens (including phenoxy) is 1. The van der Waals surface area contributed by atoms with Crippen molar-refractivity contribution in [2.75, 3.05) is 32.5 Å². The second-order valence-electron chi connectivity index (χ2n) is 4.45. The Bertz CT molecular complexity index is 287. The Balaban J connectivity index is 2.03. The SMILES string of the molecule is CNCCCS(=O)(=O)NCCOC1CCCC1. The minimum Gasteiger partial charge on any atom is -0.377 e. The molecule has 0 amide bonds. The summed E-state index contributed by atoms with van der Waals surface area (Å²) < 4.78 is 31.2. The Labute approximate surface area is 104 Å². The Morgan fingerprint density at radius 3 is 2.59 bits per heavy atom. The van der Waals surface area contributed by atoms with Gasteiger partial charge in [0.15, 0.2) is 0 Å². The second kappa shape index (κ2) is 8.02. The van der Waals surface area contributed by atoms with Crippen molar-refractivity contribution in [3.8, 4) is 0 Å². The largest absolute Gasteiger partial charge is 0.377 e. The molecule has 1 aliphatic carbocycles. The molecule has 0 saturated heterocycles. The zero-order valence-corrected chi connectivity index (χ0v) is 11.4. The van der Waals surface area contributed by atoms with Crippen molar-refractivity contribution in [2.24, 2.45) is 0 Å². The van der Waals surface area contributed by atoms with E-state index in [9.17, 15) is 8.42 Å². The lowest BCUT2D eigenvalue weighted by atomic mass is 10.3.